The molecule has 1 unspecified atom stereocenters. The SMILES string of the molecule is Cc1c(C(C)C2CC2)noc1N. The van der Waals surface area contributed by atoms with E-state index in [4.69, 9.17) is 10.3 Å². The van der Waals surface area contributed by atoms with E-state index >= 15 is 0 Å². The Morgan fingerprint density at radius 3 is 2.67 bits per heavy atom. The summed E-state index contributed by atoms with van der Waals surface area (Å²) in [5.41, 5.74) is 7.64. The molecule has 0 amide bonds. The van der Waals surface area contributed by atoms with Gasteiger partial charge in [0.1, 0.15) is 0 Å². The van der Waals surface area contributed by atoms with Crippen LogP contribution in [0, 0.1) is 12.8 Å². The minimum absolute atomic E-state index is 0.470. The molecule has 1 aromatic rings. The second-order valence-corrected chi connectivity index (χ2v) is 3.68. The Morgan fingerprint density at radius 1 is 1.58 bits per heavy atom. The molecule has 0 saturated heterocycles. The second-order valence-electron chi connectivity index (χ2n) is 3.68. The first-order valence-corrected chi connectivity index (χ1v) is 4.41. The Kier molecular flexibility index (Phi) is 1.60. The van der Waals surface area contributed by atoms with Gasteiger partial charge in [0, 0.05) is 11.5 Å². The highest BCUT2D eigenvalue weighted by molar-refractivity contribution is 5.39. The fraction of sp³-hybridized carbons (Fsp3) is 0.667. The Balaban J connectivity index is 2.25. The monoisotopic (exact) mass is 166 g/mol. The summed E-state index contributed by atoms with van der Waals surface area (Å²) in [5, 5.41) is 3.98. The first kappa shape index (κ1) is 7.65. The lowest BCUT2D eigenvalue weighted by atomic mass is 9.99. The quantitative estimate of drug-likeness (QED) is 0.731. The molecular weight excluding hydrogens is 152 g/mol. The summed E-state index contributed by atoms with van der Waals surface area (Å²) >= 11 is 0. The van der Waals surface area contributed by atoms with Gasteiger partial charge in [-0.05, 0) is 25.7 Å². The molecule has 0 aliphatic heterocycles. The predicted octanol–water partition coefficient (Wildman–Crippen LogP) is 2.08. The molecule has 0 spiro atoms. The van der Waals surface area contributed by atoms with Crippen molar-refractivity contribution < 1.29 is 4.52 Å². The average Bonchev–Trinajstić information content (AvgIpc) is 2.82. The molecule has 1 aromatic heterocycles. The van der Waals surface area contributed by atoms with Gasteiger partial charge in [-0.3, -0.25) is 0 Å². The zero-order valence-corrected chi connectivity index (χ0v) is 7.50. The largest absolute Gasteiger partial charge is 0.367 e. The molecule has 1 heterocycles. The summed E-state index contributed by atoms with van der Waals surface area (Å²) in [6, 6.07) is 0. The van der Waals surface area contributed by atoms with Crippen LogP contribution in [0.1, 0.15) is 36.9 Å². The van der Waals surface area contributed by atoms with Crippen molar-refractivity contribution in [3.8, 4) is 0 Å². The fourth-order valence-corrected chi connectivity index (χ4v) is 1.61. The highest BCUT2D eigenvalue weighted by Crippen LogP contribution is 2.43. The van der Waals surface area contributed by atoms with Crippen molar-refractivity contribution in [3.63, 3.8) is 0 Å². The molecule has 12 heavy (non-hydrogen) atoms. The first-order valence-electron chi connectivity index (χ1n) is 4.41. The van der Waals surface area contributed by atoms with Gasteiger partial charge in [-0.15, -0.1) is 0 Å². The van der Waals surface area contributed by atoms with Gasteiger partial charge >= 0.3 is 0 Å². The van der Waals surface area contributed by atoms with Crippen LogP contribution in [0.25, 0.3) is 0 Å². The molecular formula is C9H14N2O. The molecule has 3 nitrogen and oxygen atoms in total. The highest BCUT2D eigenvalue weighted by atomic mass is 16.5. The number of aromatic nitrogens is 1. The van der Waals surface area contributed by atoms with Gasteiger partial charge in [0.25, 0.3) is 0 Å². The van der Waals surface area contributed by atoms with Crippen molar-refractivity contribution >= 4 is 5.88 Å². The third-order valence-electron chi connectivity index (χ3n) is 2.76. The molecule has 1 atom stereocenters. The topological polar surface area (TPSA) is 52.0 Å². The lowest BCUT2D eigenvalue weighted by molar-refractivity contribution is 0.417. The summed E-state index contributed by atoms with van der Waals surface area (Å²) in [5.74, 6) is 1.80. The highest BCUT2D eigenvalue weighted by Gasteiger charge is 2.32. The molecule has 0 radical (unpaired) electrons. The van der Waals surface area contributed by atoms with E-state index in [1.807, 2.05) is 6.92 Å². The van der Waals surface area contributed by atoms with Crippen LogP contribution in [0.4, 0.5) is 5.88 Å². The summed E-state index contributed by atoms with van der Waals surface area (Å²) in [6.45, 7) is 4.17. The van der Waals surface area contributed by atoms with E-state index in [1.54, 1.807) is 0 Å². The van der Waals surface area contributed by atoms with E-state index in [0.717, 1.165) is 17.2 Å². The van der Waals surface area contributed by atoms with Gasteiger partial charge in [-0.25, -0.2) is 0 Å². The minimum Gasteiger partial charge on any atom is -0.367 e. The van der Waals surface area contributed by atoms with E-state index in [1.165, 1.54) is 12.8 Å². The van der Waals surface area contributed by atoms with Crippen molar-refractivity contribution in [2.24, 2.45) is 5.92 Å². The zero-order chi connectivity index (χ0) is 8.72. The van der Waals surface area contributed by atoms with E-state index in [9.17, 15) is 0 Å². The third kappa shape index (κ3) is 1.09. The fourth-order valence-electron chi connectivity index (χ4n) is 1.61. The van der Waals surface area contributed by atoms with Gasteiger partial charge in [-0.2, -0.15) is 0 Å². The van der Waals surface area contributed by atoms with Crippen molar-refractivity contribution in [3.05, 3.63) is 11.3 Å². The molecule has 1 aliphatic carbocycles. The lowest BCUT2D eigenvalue weighted by Gasteiger charge is -2.05. The summed E-state index contributed by atoms with van der Waals surface area (Å²) < 4.78 is 4.92. The molecule has 2 rings (SSSR count). The molecule has 0 aromatic carbocycles. The maximum Gasteiger partial charge on any atom is 0.225 e. The molecule has 2 N–H and O–H groups in total. The van der Waals surface area contributed by atoms with Gasteiger partial charge in [-0.1, -0.05) is 12.1 Å². The van der Waals surface area contributed by atoms with Gasteiger partial charge in [0.2, 0.25) is 5.88 Å². The van der Waals surface area contributed by atoms with E-state index in [2.05, 4.69) is 12.1 Å². The number of nitrogens with two attached hydrogens (primary N) is 1. The van der Waals surface area contributed by atoms with Crippen molar-refractivity contribution in [2.75, 3.05) is 5.73 Å². The van der Waals surface area contributed by atoms with Crippen molar-refractivity contribution in [1.29, 1.82) is 0 Å². The van der Waals surface area contributed by atoms with Gasteiger partial charge < -0.3 is 10.3 Å². The van der Waals surface area contributed by atoms with Gasteiger partial charge in [0.15, 0.2) is 0 Å². The maximum absolute atomic E-state index is 5.57. The number of hydrogen-bond acceptors (Lipinski definition) is 3. The first-order chi connectivity index (χ1) is 5.70. The molecule has 1 saturated carbocycles. The van der Waals surface area contributed by atoms with Crippen molar-refractivity contribution in [1.82, 2.24) is 5.16 Å². The number of nitrogens with zero attached hydrogens (tertiary/aromatic N) is 1. The van der Waals surface area contributed by atoms with Crippen molar-refractivity contribution in [2.45, 2.75) is 32.6 Å². The Labute approximate surface area is 71.9 Å². The van der Waals surface area contributed by atoms with Crippen LogP contribution in [-0.2, 0) is 0 Å². The summed E-state index contributed by atoms with van der Waals surface area (Å²) in [4.78, 5) is 0. The third-order valence-corrected chi connectivity index (χ3v) is 2.76. The van der Waals surface area contributed by atoms with Crippen LogP contribution in [0.5, 0.6) is 0 Å². The molecule has 0 bridgehead atoms. The Morgan fingerprint density at radius 2 is 2.25 bits per heavy atom. The minimum atomic E-state index is 0.470. The Bertz CT molecular complexity index is 289. The predicted molar refractivity (Wildman–Crippen MR) is 46.8 cm³/mol. The van der Waals surface area contributed by atoms with E-state index in [-0.39, 0.29) is 0 Å². The number of hydrogen-bond donors (Lipinski definition) is 1. The molecule has 3 heteroatoms. The summed E-state index contributed by atoms with van der Waals surface area (Å²) in [7, 11) is 0. The van der Waals surface area contributed by atoms with Crippen LogP contribution < -0.4 is 5.73 Å². The molecule has 1 fully saturated rings. The van der Waals surface area contributed by atoms with E-state index in [0.29, 0.717) is 11.8 Å². The number of nitrogen functional groups attached to an aromatic ring is 1. The maximum atomic E-state index is 5.57. The van der Waals surface area contributed by atoms with Crippen LogP contribution in [0.3, 0.4) is 0 Å². The van der Waals surface area contributed by atoms with E-state index < -0.39 is 0 Å². The number of anilines is 1. The van der Waals surface area contributed by atoms with Crippen LogP contribution >= 0.6 is 0 Å². The smallest absolute Gasteiger partial charge is 0.225 e. The lowest BCUT2D eigenvalue weighted by Crippen LogP contribution is -1.98. The van der Waals surface area contributed by atoms with Crippen LogP contribution in [0.15, 0.2) is 4.52 Å². The van der Waals surface area contributed by atoms with Crippen LogP contribution in [0.2, 0.25) is 0 Å². The zero-order valence-electron chi connectivity index (χ0n) is 7.50. The summed E-state index contributed by atoms with van der Waals surface area (Å²) in [6.07, 6.45) is 2.65. The van der Waals surface area contributed by atoms with Crippen LogP contribution in [-0.4, -0.2) is 5.16 Å². The average molecular weight is 166 g/mol. The second kappa shape index (κ2) is 2.51. The van der Waals surface area contributed by atoms with Gasteiger partial charge in [0.05, 0.1) is 5.69 Å². The number of rotatable bonds is 2. The Hall–Kier alpha value is -0.990. The molecule has 66 valence electrons. The molecule has 1 aliphatic rings. The normalized spacial score (nSPS) is 19.5. The standard InChI is InChI=1S/C9H14N2O/c1-5(7-3-4-7)8-6(2)9(10)12-11-8/h5,7H,3-4,10H2,1-2H3.